The third-order valence-electron chi connectivity index (χ3n) is 3.96. The van der Waals surface area contributed by atoms with Gasteiger partial charge in [-0.1, -0.05) is 0 Å². The minimum atomic E-state index is -2.17. The summed E-state index contributed by atoms with van der Waals surface area (Å²) in [6.45, 7) is 0. The summed E-state index contributed by atoms with van der Waals surface area (Å²) in [5, 5.41) is 0. The number of benzene rings is 4. The Hall–Kier alpha value is -4.00. The monoisotopic (exact) mass is 723 g/mol. The summed E-state index contributed by atoms with van der Waals surface area (Å²) in [6, 6.07) is 4.10. The van der Waals surface area contributed by atoms with Gasteiger partial charge in [-0.15, -0.1) is 24.3 Å². The average molecular weight is 723 g/mol. The second-order valence-corrected chi connectivity index (χ2v) is 6.78. The standard InChI is InChI=1S/4C6F5.Mn/c4*7-2-1-3(8)5(10)6(11)4(2)9;/q4*-1;. The first-order chi connectivity index (χ1) is 20.1. The predicted octanol–water partition coefficient (Wildman–Crippen LogP) is 8.73. The van der Waals surface area contributed by atoms with Gasteiger partial charge in [-0.05, 0) is 0 Å². The Balaban J connectivity index is 0.000000569. The quantitative estimate of drug-likeness (QED) is 0.0560. The van der Waals surface area contributed by atoms with E-state index >= 15 is 0 Å². The van der Waals surface area contributed by atoms with Crippen LogP contribution in [0.3, 0.4) is 0 Å². The first-order valence-corrected chi connectivity index (χ1v) is 9.78. The van der Waals surface area contributed by atoms with Crippen molar-refractivity contribution < 1.29 is 105 Å². The van der Waals surface area contributed by atoms with Crippen LogP contribution in [0.4, 0.5) is 87.8 Å². The van der Waals surface area contributed by atoms with Crippen LogP contribution in [0.25, 0.3) is 0 Å². The van der Waals surface area contributed by atoms with Crippen LogP contribution < -0.4 is 0 Å². The first kappa shape index (κ1) is 41.0. The normalized spacial score (nSPS) is 10.0. The molecule has 0 aliphatic heterocycles. The number of halogens is 20. The van der Waals surface area contributed by atoms with E-state index in [0.29, 0.717) is 0 Å². The summed E-state index contributed by atoms with van der Waals surface area (Å²) >= 11 is 0. The Morgan fingerprint density at radius 2 is 0.267 bits per heavy atom. The van der Waals surface area contributed by atoms with Crippen LogP contribution in [0.5, 0.6) is 0 Å². The van der Waals surface area contributed by atoms with Gasteiger partial charge in [0, 0.05) is 17.1 Å². The second kappa shape index (κ2) is 16.9. The zero-order chi connectivity index (χ0) is 34.4. The van der Waals surface area contributed by atoms with Crippen LogP contribution in [-0.4, -0.2) is 0 Å². The maximum absolute atomic E-state index is 12.0. The third-order valence-corrected chi connectivity index (χ3v) is 3.96. The van der Waals surface area contributed by atoms with E-state index in [1.54, 1.807) is 0 Å². The van der Waals surface area contributed by atoms with Gasteiger partial charge in [-0.2, -0.15) is 0 Å². The summed E-state index contributed by atoms with van der Waals surface area (Å²) in [5.41, 5.74) is 0. The minimum Gasteiger partial charge on any atom is -0.278 e. The number of hydrogen-bond donors (Lipinski definition) is 0. The molecule has 0 nitrogen and oxygen atoms in total. The SMILES string of the molecule is Fc1[c-]c(F)c(F)c(F)c1F.Fc1[c-]c(F)c(F)c(F)c1F.Fc1[c-]c(F)c(F)c(F)c1F.Fc1[c-]c(F)c(F)c(F)c1F.[Mn]. The van der Waals surface area contributed by atoms with E-state index in [0.717, 1.165) is 24.3 Å². The van der Waals surface area contributed by atoms with Gasteiger partial charge >= 0.3 is 0 Å². The zero-order valence-electron chi connectivity index (χ0n) is 19.9. The molecule has 0 N–H and O–H groups in total. The average Bonchev–Trinajstić information content (AvgIpc) is 2.97. The Morgan fingerprint density at radius 3 is 0.356 bits per heavy atom. The molecule has 0 amide bonds. The van der Waals surface area contributed by atoms with Crippen LogP contribution >= 0.6 is 0 Å². The van der Waals surface area contributed by atoms with Gasteiger partial charge in [0.1, 0.15) is 0 Å². The van der Waals surface area contributed by atoms with E-state index in [1.807, 2.05) is 0 Å². The van der Waals surface area contributed by atoms with E-state index in [2.05, 4.69) is 0 Å². The van der Waals surface area contributed by atoms with Gasteiger partial charge in [0.15, 0.2) is 0 Å². The maximum atomic E-state index is 12.0. The predicted molar refractivity (Wildman–Crippen MR) is 100 cm³/mol. The van der Waals surface area contributed by atoms with Crippen molar-refractivity contribution in [3.8, 4) is 0 Å². The molecule has 0 atom stereocenters. The fraction of sp³-hybridized carbons (Fsp3) is 0. The Morgan fingerprint density at radius 1 is 0.178 bits per heavy atom. The molecule has 4 rings (SSSR count). The molecule has 0 fully saturated rings. The van der Waals surface area contributed by atoms with Crippen LogP contribution in [0.1, 0.15) is 0 Å². The molecular weight excluding hydrogens is 723 g/mol. The minimum absolute atomic E-state index is 0. The molecule has 0 saturated carbocycles. The molecule has 1 radical (unpaired) electrons. The zero-order valence-corrected chi connectivity index (χ0v) is 21.1. The van der Waals surface area contributed by atoms with Crippen molar-refractivity contribution >= 4 is 0 Å². The maximum Gasteiger partial charge on any atom is 0.0893 e. The summed E-state index contributed by atoms with van der Waals surface area (Å²) < 4.78 is 239. The Bertz CT molecular complexity index is 1320. The molecule has 0 unspecified atom stereocenters. The largest absolute Gasteiger partial charge is 0.278 e. The third kappa shape index (κ3) is 10.00. The van der Waals surface area contributed by atoms with Crippen molar-refractivity contribution in [1.29, 1.82) is 0 Å². The van der Waals surface area contributed by atoms with Gasteiger partial charge in [0.25, 0.3) is 0 Å². The summed E-state index contributed by atoms with van der Waals surface area (Å²) in [6.07, 6.45) is 0. The number of rotatable bonds is 0. The molecule has 0 aliphatic rings. The van der Waals surface area contributed by atoms with Gasteiger partial charge in [-0.25, -0.2) is 52.7 Å². The van der Waals surface area contributed by atoms with Gasteiger partial charge < -0.3 is 0 Å². The first-order valence-electron chi connectivity index (χ1n) is 9.78. The fourth-order valence-electron chi connectivity index (χ4n) is 1.98. The van der Waals surface area contributed by atoms with Gasteiger partial charge in [0.05, 0.1) is 116 Å². The molecule has 0 bridgehead atoms. The van der Waals surface area contributed by atoms with E-state index in [4.69, 9.17) is 0 Å². The molecule has 0 aliphatic carbocycles. The Labute approximate surface area is 246 Å². The van der Waals surface area contributed by atoms with Gasteiger partial charge in [0.2, 0.25) is 0 Å². The van der Waals surface area contributed by atoms with E-state index in [1.165, 1.54) is 0 Å². The second-order valence-electron chi connectivity index (χ2n) is 6.78. The van der Waals surface area contributed by atoms with Crippen molar-refractivity contribution in [2.75, 3.05) is 0 Å². The molecule has 0 saturated heterocycles. The van der Waals surface area contributed by atoms with Crippen molar-refractivity contribution in [3.05, 3.63) is 141 Å². The molecule has 21 heteroatoms. The van der Waals surface area contributed by atoms with E-state index < -0.39 is 116 Å². The smallest absolute Gasteiger partial charge is 0.0893 e. The van der Waals surface area contributed by atoms with Crippen molar-refractivity contribution in [2.24, 2.45) is 0 Å². The molecule has 247 valence electrons. The summed E-state index contributed by atoms with van der Waals surface area (Å²) in [7, 11) is 0. The molecule has 0 spiro atoms. The van der Waals surface area contributed by atoms with Gasteiger partial charge in [-0.3, -0.25) is 35.1 Å². The molecule has 45 heavy (non-hydrogen) atoms. The number of hydrogen-bond acceptors (Lipinski definition) is 0. The molecule has 4 aromatic carbocycles. The molecular formula is C24F20Mn-4. The van der Waals surface area contributed by atoms with E-state index in [-0.39, 0.29) is 17.1 Å². The van der Waals surface area contributed by atoms with Crippen molar-refractivity contribution in [1.82, 2.24) is 0 Å². The van der Waals surface area contributed by atoms with E-state index in [9.17, 15) is 87.8 Å². The molecule has 0 heterocycles. The molecule has 4 aromatic rings. The summed E-state index contributed by atoms with van der Waals surface area (Å²) in [5.74, 6) is -40.2. The summed E-state index contributed by atoms with van der Waals surface area (Å²) in [4.78, 5) is 0. The molecule has 0 aromatic heterocycles. The topological polar surface area (TPSA) is 0 Å². The fourth-order valence-corrected chi connectivity index (χ4v) is 1.98. The Kier molecular flexibility index (Phi) is 15.4. The van der Waals surface area contributed by atoms with Crippen LogP contribution in [0.2, 0.25) is 0 Å². The van der Waals surface area contributed by atoms with Crippen molar-refractivity contribution in [2.45, 2.75) is 0 Å². The van der Waals surface area contributed by atoms with Crippen LogP contribution in [-0.2, 0) is 17.1 Å². The van der Waals surface area contributed by atoms with Crippen molar-refractivity contribution in [3.63, 3.8) is 0 Å². The van der Waals surface area contributed by atoms with Crippen LogP contribution in [0, 0.1) is 141 Å². The van der Waals surface area contributed by atoms with Crippen LogP contribution in [0.15, 0.2) is 0 Å².